The Morgan fingerprint density at radius 2 is 1.81 bits per heavy atom. The Balaban J connectivity index is 1.87. The fourth-order valence-corrected chi connectivity index (χ4v) is 2.98. The van der Waals surface area contributed by atoms with Crippen LogP contribution in [0.25, 0.3) is 0 Å². The molecule has 1 atom stereocenters. The average Bonchev–Trinajstić information content (AvgIpc) is 2.61. The number of alkyl halides is 3. The fourth-order valence-electron chi connectivity index (χ4n) is 2.98. The average molecular weight is 389 g/mol. The van der Waals surface area contributed by atoms with Crippen molar-refractivity contribution < 1.29 is 22.6 Å². The molecule has 0 radical (unpaired) electrons. The van der Waals surface area contributed by atoms with Crippen molar-refractivity contribution in [3.8, 4) is 11.5 Å². The Morgan fingerprint density at radius 1 is 1.11 bits per heavy atom. The number of hydrogen-bond acceptors (Lipinski definition) is 5. The number of hydrogen-bond donors (Lipinski definition) is 1. The van der Waals surface area contributed by atoms with Gasteiger partial charge in [-0.05, 0) is 38.6 Å². The first-order valence-corrected chi connectivity index (χ1v) is 9.36. The van der Waals surface area contributed by atoms with Crippen LogP contribution in [0.15, 0.2) is 18.2 Å². The van der Waals surface area contributed by atoms with E-state index in [9.17, 15) is 13.2 Å². The van der Waals surface area contributed by atoms with Crippen LogP contribution in [0.4, 0.5) is 13.2 Å². The summed E-state index contributed by atoms with van der Waals surface area (Å²) < 4.78 is 47.4. The molecule has 0 aromatic heterocycles. The van der Waals surface area contributed by atoms with Gasteiger partial charge in [0.25, 0.3) is 0 Å². The Hall–Kier alpha value is -1.51. The molecule has 8 heteroatoms. The monoisotopic (exact) mass is 389 g/mol. The maximum atomic E-state index is 12.4. The van der Waals surface area contributed by atoms with Crippen LogP contribution in [-0.4, -0.2) is 75.0 Å². The lowest BCUT2D eigenvalue weighted by molar-refractivity contribution is -0.153. The summed E-state index contributed by atoms with van der Waals surface area (Å²) in [5.74, 6) is 0.455. The SMILES string of the molecule is CCOc1cc(CNC(C)CN2CCN(C)CC2)ccc1OCC(F)(F)F. The Kier molecular flexibility index (Phi) is 8.19. The summed E-state index contributed by atoms with van der Waals surface area (Å²) in [6.07, 6.45) is -4.37. The van der Waals surface area contributed by atoms with Crippen LogP contribution in [-0.2, 0) is 6.54 Å². The first kappa shape index (κ1) is 21.8. The van der Waals surface area contributed by atoms with Crippen LogP contribution in [0, 0.1) is 0 Å². The van der Waals surface area contributed by atoms with Crippen LogP contribution in [0.1, 0.15) is 19.4 Å². The molecule has 154 valence electrons. The number of nitrogens with zero attached hydrogens (tertiary/aromatic N) is 2. The van der Waals surface area contributed by atoms with Crippen molar-refractivity contribution in [2.24, 2.45) is 0 Å². The molecule has 0 saturated carbocycles. The third kappa shape index (κ3) is 7.94. The van der Waals surface area contributed by atoms with Crippen molar-refractivity contribution >= 4 is 0 Å². The van der Waals surface area contributed by atoms with Gasteiger partial charge in [0.1, 0.15) is 0 Å². The van der Waals surface area contributed by atoms with Gasteiger partial charge in [-0.1, -0.05) is 6.07 Å². The molecule has 1 aliphatic rings. The second-order valence-electron chi connectivity index (χ2n) is 7.00. The largest absolute Gasteiger partial charge is 0.490 e. The molecular weight excluding hydrogens is 359 g/mol. The number of halogens is 3. The van der Waals surface area contributed by atoms with Gasteiger partial charge in [0, 0.05) is 45.3 Å². The predicted molar refractivity (Wildman–Crippen MR) is 99.4 cm³/mol. The lowest BCUT2D eigenvalue weighted by atomic mass is 10.2. The zero-order valence-corrected chi connectivity index (χ0v) is 16.3. The Bertz CT molecular complexity index is 576. The quantitative estimate of drug-likeness (QED) is 0.703. The molecule has 1 N–H and O–H groups in total. The first-order valence-electron chi connectivity index (χ1n) is 9.36. The highest BCUT2D eigenvalue weighted by Gasteiger charge is 2.29. The minimum atomic E-state index is -4.37. The summed E-state index contributed by atoms with van der Waals surface area (Å²) >= 11 is 0. The van der Waals surface area contributed by atoms with Gasteiger partial charge in [-0.15, -0.1) is 0 Å². The predicted octanol–water partition coefficient (Wildman–Crippen LogP) is 2.75. The maximum Gasteiger partial charge on any atom is 0.422 e. The zero-order valence-electron chi connectivity index (χ0n) is 16.3. The van der Waals surface area contributed by atoms with Gasteiger partial charge in [-0.3, -0.25) is 4.90 Å². The van der Waals surface area contributed by atoms with Crippen molar-refractivity contribution in [3.63, 3.8) is 0 Å². The normalized spacial score (nSPS) is 17.7. The van der Waals surface area contributed by atoms with E-state index >= 15 is 0 Å². The van der Waals surface area contributed by atoms with Crippen molar-refractivity contribution in [1.82, 2.24) is 15.1 Å². The second kappa shape index (κ2) is 10.1. The molecule has 1 aliphatic heterocycles. The van der Waals surface area contributed by atoms with Gasteiger partial charge in [0.2, 0.25) is 0 Å². The molecule has 1 unspecified atom stereocenters. The summed E-state index contributed by atoms with van der Waals surface area (Å²) in [4.78, 5) is 4.77. The minimum Gasteiger partial charge on any atom is -0.490 e. The van der Waals surface area contributed by atoms with Crippen molar-refractivity contribution in [3.05, 3.63) is 23.8 Å². The zero-order chi connectivity index (χ0) is 19.9. The van der Waals surface area contributed by atoms with Crippen molar-refractivity contribution in [2.45, 2.75) is 32.6 Å². The van der Waals surface area contributed by atoms with E-state index in [2.05, 4.69) is 29.1 Å². The molecule has 0 bridgehead atoms. The molecule has 27 heavy (non-hydrogen) atoms. The summed E-state index contributed by atoms with van der Waals surface area (Å²) in [5.41, 5.74) is 0.947. The van der Waals surface area contributed by atoms with E-state index in [1.165, 1.54) is 0 Å². The summed E-state index contributed by atoms with van der Waals surface area (Å²) in [5, 5.41) is 3.47. The molecule has 2 rings (SSSR count). The van der Waals surface area contributed by atoms with Crippen molar-refractivity contribution in [2.75, 3.05) is 53.0 Å². The lowest BCUT2D eigenvalue weighted by Crippen LogP contribution is -2.48. The topological polar surface area (TPSA) is 37.0 Å². The van der Waals surface area contributed by atoms with E-state index in [4.69, 9.17) is 9.47 Å². The van der Waals surface area contributed by atoms with Crippen LogP contribution in [0.3, 0.4) is 0 Å². The number of ether oxygens (including phenoxy) is 2. The van der Waals surface area contributed by atoms with E-state index in [0.29, 0.717) is 24.9 Å². The summed E-state index contributed by atoms with van der Waals surface area (Å²) in [6.45, 7) is 8.87. The van der Waals surface area contributed by atoms with Crippen LogP contribution in [0.5, 0.6) is 11.5 Å². The van der Waals surface area contributed by atoms with Crippen LogP contribution < -0.4 is 14.8 Å². The highest BCUT2D eigenvalue weighted by atomic mass is 19.4. The highest BCUT2D eigenvalue weighted by molar-refractivity contribution is 5.43. The summed E-state index contributed by atoms with van der Waals surface area (Å²) in [6, 6.07) is 5.36. The number of nitrogens with one attached hydrogen (secondary N) is 1. The van der Waals surface area contributed by atoms with Crippen LogP contribution >= 0.6 is 0 Å². The molecule has 0 aliphatic carbocycles. The Labute approximate surface area is 159 Å². The van der Waals surface area contributed by atoms with E-state index < -0.39 is 12.8 Å². The number of likely N-dealkylation sites (N-methyl/N-ethyl adjacent to an activating group) is 1. The molecule has 1 heterocycles. The molecule has 1 aromatic rings. The highest BCUT2D eigenvalue weighted by Crippen LogP contribution is 2.30. The molecule has 5 nitrogen and oxygen atoms in total. The third-order valence-electron chi connectivity index (χ3n) is 4.48. The molecule has 1 aromatic carbocycles. The van der Waals surface area contributed by atoms with Gasteiger partial charge < -0.3 is 19.7 Å². The fraction of sp³-hybridized carbons (Fsp3) is 0.684. The van der Waals surface area contributed by atoms with Gasteiger partial charge in [0.05, 0.1) is 6.61 Å². The van der Waals surface area contributed by atoms with E-state index in [1.54, 1.807) is 25.1 Å². The molecule has 0 spiro atoms. The van der Waals surface area contributed by atoms with Crippen molar-refractivity contribution in [1.29, 1.82) is 0 Å². The molecule has 1 fully saturated rings. The smallest absolute Gasteiger partial charge is 0.422 e. The minimum absolute atomic E-state index is 0.114. The molecular formula is C19H30F3N3O2. The van der Waals surface area contributed by atoms with E-state index in [1.807, 2.05) is 0 Å². The molecule has 0 amide bonds. The second-order valence-corrected chi connectivity index (χ2v) is 7.00. The van der Waals surface area contributed by atoms with Gasteiger partial charge >= 0.3 is 6.18 Å². The standard InChI is InChI=1S/C19H30F3N3O2/c1-4-26-18-11-16(5-6-17(18)27-14-19(20,21)22)12-23-15(2)13-25-9-7-24(3)8-10-25/h5-6,11,15,23H,4,7-10,12-14H2,1-3H3. The van der Waals surface area contributed by atoms with Crippen LogP contribution in [0.2, 0.25) is 0 Å². The molecule has 1 saturated heterocycles. The number of benzene rings is 1. The number of rotatable bonds is 9. The lowest BCUT2D eigenvalue weighted by Gasteiger charge is -2.34. The summed E-state index contributed by atoms with van der Waals surface area (Å²) in [7, 11) is 2.14. The van der Waals surface area contributed by atoms with Gasteiger partial charge in [-0.2, -0.15) is 13.2 Å². The van der Waals surface area contributed by atoms with Gasteiger partial charge in [0.15, 0.2) is 18.1 Å². The van der Waals surface area contributed by atoms with E-state index in [0.717, 1.165) is 38.3 Å². The number of piperazine rings is 1. The van der Waals surface area contributed by atoms with Gasteiger partial charge in [-0.25, -0.2) is 0 Å². The first-order chi connectivity index (χ1) is 12.8. The third-order valence-corrected chi connectivity index (χ3v) is 4.48. The Morgan fingerprint density at radius 3 is 2.44 bits per heavy atom. The maximum absolute atomic E-state index is 12.4. The van der Waals surface area contributed by atoms with E-state index in [-0.39, 0.29) is 5.75 Å².